The zero-order valence-electron chi connectivity index (χ0n) is 10.8. The number of rotatable bonds is 2. The van der Waals surface area contributed by atoms with E-state index in [4.69, 9.17) is 4.43 Å². The number of allylic oxidation sites excluding steroid dienone is 1. The van der Waals surface area contributed by atoms with Crippen LogP contribution in [0.25, 0.3) is 0 Å². The summed E-state index contributed by atoms with van der Waals surface area (Å²) in [4.78, 5) is 0. The molecule has 0 saturated carbocycles. The Morgan fingerprint density at radius 3 is 2.20 bits per heavy atom. The largest absolute Gasteiger partial charge is 0.547 e. The van der Waals surface area contributed by atoms with E-state index in [1.54, 1.807) is 0 Å². The SMILES string of the molecule is CC1(O)C=C(O[Si](C)(C)C)C(C)(C)CC1. The summed E-state index contributed by atoms with van der Waals surface area (Å²) in [6, 6.07) is 0. The highest BCUT2D eigenvalue weighted by atomic mass is 28.4. The third-order valence-corrected chi connectivity index (χ3v) is 3.61. The van der Waals surface area contributed by atoms with Gasteiger partial charge in [-0.2, -0.15) is 0 Å². The molecular formula is C12H24O2Si. The third-order valence-electron chi connectivity index (χ3n) is 2.78. The van der Waals surface area contributed by atoms with Crippen molar-refractivity contribution >= 4 is 8.32 Å². The molecule has 0 aromatic rings. The highest BCUT2D eigenvalue weighted by molar-refractivity contribution is 6.70. The van der Waals surface area contributed by atoms with Crippen LogP contribution in [0.4, 0.5) is 0 Å². The van der Waals surface area contributed by atoms with Gasteiger partial charge < -0.3 is 9.53 Å². The maximum atomic E-state index is 10.0. The summed E-state index contributed by atoms with van der Waals surface area (Å²) in [5.41, 5.74) is -0.618. The summed E-state index contributed by atoms with van der Waals surface area (Å²) in [5.74, 6) is 0.984. The molecule has 0 saturated heterocycles. The molecule has 0 aliphatic heterocycles. The molecule has 1 rings (SSSR count). The first-order valence-electron chi connectivity index (χ1n) is 5.67. The lowest BCUT2D eigenvalue weighted by Gasteiger charge is -2.40. The molecule has 0 aromatic carbocycles. The Morgan fingerprint density at radius 2 is 1.73 bits per heavy atom. The molecular weight excluding hydrogens is 204 g/mol. The van der Waals surface area contributed by atoms with Gasteiger partial charge in [0.05, 0.1) is 11.4 Å². The normalized spacial score (nSPS) is 31.0. The Morgan fingerprint density at radius 1 is 1.20 bits per heavy atom. The van der Waals surface area contributed by atoms with Crippen LogP contribution in [0.3, 0.4) is 0 Å². The van der Waals surface area contributed by atoms with Gasteiger partial charge in [-0.1, -0.05) is 13.8 Å². The van der Waals surface area contributed by atoms with Gasteiger partial charge in [0.2, 0.25) is 8.32 Å². The monoisotopic (exact) mass is 228 g/mol. The van der Waals surface area contributed by atoms with Gasteiger partial charge >= 0.3 is 0 Å². The maximum absolute atomic E-state index is 10.0. The van der Waals surface area contributed by atoms with Crippen LogP contribution in [0.5, 0.6) is 0 Å². The standard InChI is InChI=1S/C12H24O2Si/c1-11(2)7-8-12(3,13)9-10(11)14-15(4,5)6/h9,13H,7-8H2,1-6H3. The second kappa shape index (κ2) is 3.63. The summed E-state index contributed by atoms with van der Waals surface area (Å²) in [5, 5.41) is 10.0. The zero-order valence-corrected chi connectivity index (χ0v) is 11.8. The minimum Gasteiger partial charge on any atom is -0.547 e. The van der Waals surface area contributed by atoms with E-state index in [2.05, 4.69) is 33.5 Å². The Kier molecular flexibility index (Phi) is 3.09. The van der Waals surface area contributed by atoms with Crippen molar-refractivity contribution in [3.8, 4) is 0 Å². The van der Waals surface area contributed by atoms with Crippen LogP contribution < -0.4 is 0 Å². The minimum atomic E-state index is -1.58. The summed E-state index contributed by atoms with van der Waals surface area (Å²) < 4.78 is 6.07. The Bertz CT molecular complexity index is 272. The van der Waals surface area contributed by atoms with Crippen LogP contribution >= 0.6 is 0 Å². The molecule has 0 heterocycles. The van der Waals surface area contributed by atoms with Crippen LogP contribution in [0.1, 0.15) is 33.6 Å². The molecule has 2 nitrogen and oxygen atoms in total. The summed E-state index contributed by atoms with van der Waals surface area (Å²) in [7, 11) is -1.58. The fourth-order valence-electron chi connectivity index (χ4n) is 1.74. The maximum Gasteiger partial charge on any atom is 0.241 e. The first kappa shape index (κ1) is 12.8. The molecule has 1 atom stereocenters. The number of aliphatic hydroxyl groups is 1. The van der Waals surface area contributed by atoms with Crippen LogP contribution in [-0.2, 0) is 4.43 Å². The Hall–Kier alpha value is -0.283. The summed E-state index contributed by atoms with van der Waals surface area (Å²) >= 11 is 0. The van der Waals surface area contributed by atoms with Crippen molar-refractivity contribution < 1.29 is 9.53 Å². The van der Waals surface area contributed by atoms with Crippen molar-refractivity contribution in [2.75, 3.05) is 0 Å². The van der Waals surface area contributed by atoms with Gasteiger partial charge in [-0.3, -0.25) is 0 Å². The van der Waals surface area contributed by atoms with Crippen LogP contribution in [0.2, 0.25) is 19.6 Å². The fourth-order valence-corrected chi connectivity index (χ4v) is 2.73. The van der Waals surface area contributed by atoms with Crippen molar-refractivity contribution in [3.05, 3.63) is 11.8 Å². The van der Waals surface area contributed by atoms with Gasteiger partial charge in [0.25, 0.3) is 0 Å². The lowest BCUT2D eigenvalue weighted by atomic mass is 9.76. The van der Waals surface area contributed by atoms with Gasteiger partial charge in [0.15, 0.2) is 0 Å². The Labute approximate surface area is 94.5 Å². The molecule has 0 aromatic heterocycles. The lowest BCUT2D eigenvalue weighted by Crippen LogP contribution is -2.37. The molecule has 1 aliphatic carbocycles. The number of hydrogen-bond acceptors (Lipinski definition) is 2. The molecule has 0 fully saturated rings. The minimum absolute atomic E-state index is 0.0719. The molecule has 88 valence electrons. The lowest BCUT2D eigenvalue weighted by molar-refractivity contribution is 0.0601. The van der Waals surface area contributed by atoms with Crippen LogP contribution in [-0.4, -0.2) is 19.0 Å². The number of hydrogen-bond donors (Lipinski definition) is 1. The van der Waals surface area contributed by atoms with Gasteiger partial charge in [0, 0.05) is 5.41 Å². The zero-order chi connectivity index (χ0) is 11.9. The van der Waals surface area contributed by atoms with E-state index in [-0.39, 0.29) is 5.41 Å². The average molecular weight is 228 g/mol. The smallest absolute Gasteiger partial charge is 0.241 e. The second-order valence-corrected chi connectivity index (χ2v) is 10.9. The first-order valence-corrected chi connectivity index (χ1v) is 9.07. The van der Waals surface area contributed by atoms with Crippen LogP contribution in [0, 0.1) is 5.41 Å². The molecule has 1 N–H and O–H groups in total. The predicted molar refractivity (Wildman–Crippen MR) is 66.2 cm³/mol. The van der Waals surface area contributed by atoms with E-state index in [9.17, 15) is 5.11 Å². The van der Waals surface area contributed by atoms with Crippen molar-refractivity contribution in [2.24, 2.45) is 5.41 Å². The van der Waals surface area contributed by atoms with Gasteiger partial charge in [-0.25, -0.2) is 0 Å². The average Bonchev–Trinajstić information content (AvgIpc) is 1.95. The highest BCUT2D eigenvalue weighted by Crippen LogP contribution is 2.41. The Balaban J connectivity index is 2.95. The quantitative estimate of drug-likeness (QED) is 0.735. The molecule has 1 unspecified atom stereocenters. The van der Waals surface area contributed by atoms with Crippen LogP contribution in [0.15, 0.2) is 11.8 Å². The van der Waals surface area contributed by atoms with Crippen molar-refractivity contribution in [1.82, 2.24) is 0 Å². The van der Waals surface area contributed by atoms with Gasteiger partial charge in [-0.15, -0.1) is 0 Å². The topological polar surface area (TPSA) is 29.5 Å². The fraction of sp³-hybridized carbons (Fsp3) is 0.833. The molecule has 0 spiro atoms. The summed E-state index contributed by atoms with van der Waals surface area (Å²) in [6.45, 7) is 12.8. The molecule has 1 aliphatic rings. The predicted octanol–water partition coefficient (Wildman–Crippen LogP) is 3.29. The summed E-state index contributed by atoms with van der Waals surface area (Å²) in [6.07, 6.45) is 3.71. The molecule has 0 bridgehead atoms. The van der Waals surface area contributed by atoms with E-state index < -0.39 is 13.9 Å². The molecule has 0 amide bonds. The van der Waals surface area contributed by atoms with Crippen molar-refractivity contribution in [2.45, 2.75) is 58.9 Å². The molecule has 15 heavy (non-hydrogen) atoms. The van der Waals surface area contributed by atoms with E-state index in [0.717, 1.165) is 18.6 Å². The van der Waals surface area contributed by atoms with E-state index in [1.807, 2.05) is 13.0 Å². The second-order valence-electron chi connectivity index (χ2n) is 6.46. The molecule has 3 heteroatoms. The van der Waals surface area contributed by atoms with E-state index >= 15 is 0 Å². The van der Waals surface area contributed by atoms with Gasteiger partial charge in [-0.05, 0) is 45.5 Å². The first-order chi connectivity index (χ1) is 6.52. The van der Waals surface area contributed by atoms with E-state index in [0.29, 0.717) is 0 Å². The van der Waals surface area contributed by atoms with Crippen molar-refractivity contribution in [1.29, 1.82) is 0 Å². The third kappa shape index (κ3) is 3.65. The van der Waals surface area contributed by atoms with Gasteiger partial charge in [0.1, 0.15) is 0 Å². The van der Waals surface area contributed by atoms with E-state index in [1.165, 1.54) is 0 Å². The highest BCUT2D eigenvalue weighted by Gasteiger charge is 2.37. The van der Waals surface area contributed by atoms with Crippen molar-refractivity contribution in [3.63, 3.8) is 0 Å². The molecule has 0 radical (unpaired) electrons.